The molecule has 0 radical (unpaired) electrons. The molecule has 1 amide bonds. The summed E-state index contributed by atoms with van der Waals surface area (Å²) in [6, 6.07) is 23.8. The fraction of sp³-hybridized carbons (Fsp3) is 0.115. The van der Waals surface area contributed by atoms with Gasteiger partial charge in [-0.2, -0.15) is 10.5 Å². The SMILES string of the molecule is N#C/C(=C\c1ccc(OCc2ccccc2C#N)cc1)C(=O)NCc1ccc2c(c1)OCO2. The van der Waals surface area contributed by atoms with Gasteiger partial charge in [-0.25, -0.2) is 0 Å². The zero-order valence-electron chi connectivity index (χ0n) is 17.6. The summed E-state index contributed by atoms with van der Waals surface area (Å²) < 4.78 is 16.4. The van der Waals surface area contributed by atoms with E-state index in [0.29, 0.717) is 28.4 Å². The summed E-state index contributed by atoms with van der Waals surface area (Å²) in [5, 5.41) is 21.3. The molecule has 1 aliphatic rings. The van der Waals surface area contributed by atoms with Crippen LogP contribution in [0.2, 0.25) is 0 Å². The van der Waals surface area contributed by atoms with Crippen LogP contribution in [0.4, 0.5) is 0 Å². The second-order valence-electron chi connectivity index (χ2n) is 7.17. The van der Waals surface area contributed by atoms with Gasteiger partial charge in [0, 0.05) is 12.1 Å². The number of ether oxygens (including phenoxy) is 3. The number of nitrogens with one attached hydrogen (secondary N) is 1. The number of fused-ring (bicyclic) bond motifs is 1. The van der Waals surface area contributed by atoms with Crippen LogP contribution in [-0.4, -0.2) is 12.7 Å². The summed E-state index contributed by atoms with van der Waals surface area (Å²) in [5.74, 6) is 1.45. The van der Waals surface area contributed by atoms with Crippen molar-refractivity contribution in [2.45, 2.75) is 13.2 Å². The lowest BCUT2D eigenvalue weighted by Gasteiger charge is -2.08. The maximum Gasteiger partial charge on any atom is 0.262 e. The maximum absolute atomic E-state index is 12.5. The van der Waals surface area contributed by atoms with Crippen molar-refractivity contribution in [3.63, 3.8) is 0 Å². The average Bonchev–Trinajstić information content (AvgIpc) is 3.33. The number of amides is 1. The molecule has 162 valence electrons. The average molecular weight is 437 g/mol. The van der Waals surface area contributed by atoms with Crippen LogP contribution in [0, 0.1) is 22.7 Å². The topological polar surface area (TPSA) is 104 Å². The Kier molecular flexibility index (Phi) is 6.53. The smallest absolute Gasteiger partial charge is 0.262 e. The largest absolute Gasteiger partial charge is 0.489 e. The number of hydrogen-bond acceptors (Lipinski definition) is 6. The lowest BCUT2D eigenvalue weighted by molar-refractivity contribution is -0.117. The molecule has 4 rings (SSSR count). The van der Waals surface area contributed by atoms with Crippen molar-refractivity contribution in [2.24, 2.45) is 0 Å². The van der Waals surface area contributed by atoms with Crippen molar-refractivity contribution in [2.75, 3.05) is 6.79 Å². The summed E-state index contributed by atoms with van der Waals surface area (Å²) in [6.45, 7) is 0.708. The van der Waals surface area contributed by atoms with Crippen molar-refractivity contribution in [1.29, 1.82) is 10.5 Å². The highest BCUT2D eigenvalue weighted by Crippen LogP contribution is 2.32. The first kappa shape index (κ1) is 21.5. The minimum atomic E-state index is -0.469. The van der Waals surface area contributed by atoms with E-state index in [2.05, 4.69) is 11.4 Å². The highest BCUT2D eigenvalue weighted by Gasteiger charge is 2.14. The van der Waals surface area contributed by atoms with E-state index in [0.717, 1.165) is 11.1 Å². The van der Waals surface area contributed by atoms with Crippen LogP contribution in [0.25, 0.3) is 6.08 Å². The van der Waals surface area contributed by atoms with Crippen LogP contribution in [0.3, 0.4) is 0 Å². The van der Waals surface area contributed by atoms with E-state index < -0.39 is 5.91 Å². The van der Waals surface area contributed by atoms with Gasteiger partial charge in [0.15, 0.2) is 11.5 Å². The molecule has 3 aromatic rings. The van der Waals surface area contributed by atoms with Crippen LogP contribution in [0.5, 0.6) is 17.2 Å². The molecule has 0 saturated heterocycles. The van der Waals surface area contributed by atoms with Crippen molar-refractivity contribution in [3.8, 4) is 29.4 Å². The van der Waals surface area contributed by atoms with Gasteiger partial charge >= 0.3 is 0 Å². The first-order chi connectivity index (χ1) is 16.2. The van der Waals surface area contributed by atoms with Gasteiger partial charge in [-0.3, -0.25) is 4.79 Å². The molecule has 7 heteroatoms. The normalized spacial score (nSPS) is 11.9. The zero-order valence-corrected chi connectivity index (χ0v) is 17.6. The molecule has 1 N–H and O–H groups in total. The number of carbonyl (C=O) groups excluding carboxylic acids is 1. The molecule has 0 spiro atoms. The first-order valence-corrected chi connectivity index (χ1v) is 10.2. The van der Waals surface area contributed by atoms with Gasteiger partial charge in [-0.05, 0) is 47.5 Å². The molecule has 3 aromatic carbocycles. The lowest BCUT2D eigenvalue weighted by atomic mass is 10.1. The van der Waals surface area contributed by atoms with Gasteiger partial charge in [0.05, 0.1) is 11.6 Å². The number of benzene rings is 3. The fourth-order valence-electron chi connectivity index (χ4n) is 3.22. The van der Waals surface area contributed by atoms with Crippen molar-refractivity contribution in [3.05, 3.63) is 94.6 Å². The standard InChI is InChI=1S/C26H19N3O4/c27-13-20-3-1-2-4-21(20)16-31-23-8-5-18(6-9-23)11-22(14-28)26(30)29-15-19-7-10-24-25(12-19)33-17-32-24/h1-12H,15-17H2,(H,29,30)/b22-11+. The molecule has 33 heavy (non-hydrogen) atoms. The minimum absolute atomic E-state index is 0.00707. The second kappa shape index (κ2) is 10.0. The summed E-state index contributed by atoms with van der Waals surface area (Å²) in [5.41, 5.74) is 2.89. The van der Waals surface area contributed by atoms with Crippen LogP contribution in [0.1, 0.15) is 22.3 Å². The highest BCUT2D eigenvalue weighted by molar-refractivity contribution is 6.01. The summed E-state index contributed by atoms with van der Waals surface area (Å²) in [4.78, 5) is 12.5. The number of rotatable bonds is 7. The predicted molar refractivity (Wildman–Crippen MR) is 120 cm³/mol. The Morgan fingerprint density at radius 2 is 1.82 bits per heavy atom. The van der Waals surface area contributed by atoms with Gasteiger partial charge in [0.2, 0.25) is 6.79 Å². The fourth-order valence-corrected chi connectivity index (χ4v) is 3.22. The first-order valence-electron chi connectivity index (χ1n) is 10.2. The predicted octanol–water partition coefficient (Wildman–Crippen LogP) is 4.09. The van der Waals surface area contributed by atoms with Gasteiger partial charge in [-0.15, -0.1) is 0 Å². The Morgan fingerprint density at radius 1 is 1.03 bits per heavy atom. The maximum atomic E-state index is 12.5. The van der Waals surface area contributed by atoms with E-state index in [4.69, 9.17) is 19.5 Å². The van der Waals surface area contributed by atoms with Gasteiger partial charge in [0.1, 0.15) is 24.0 Å². The Hall–Kier alpha value is -4.75. The van der Waals surface area contributed by atoms with Crippen LogP contribution < -0.4 is 19.5 Å². The van der Waals surface area contributed by atoms with Crippen molar-refractivity contribution < 1.29 is 19.0 Å². The van der Waals surface area contributed by atoms with Crippen LogP contribution in [0.15, 0.2) is 72.3 Å². The molecule has 1 heterocycles. The Balaban J connectivity index is 1.36. The molecule has 0 atom stereocenters. The van der Waals surface area contributed by atoms with E-state index in [-0.39, 0.29) is 25.5 Å². The van der Waals surface area contributed by atoms with E-state index in [1.807, 2.05) is 24.3 Å². The van der Waals surface area contributed by atoms with E-state index in [1.165, 1.54) is 6.08 Å². The second-order valence-corrected chi connectivity index (χ2v) is 7.17. The van der Waals surface area contributed by atoms with Crippen LogP contribution in [-0.2, 0) is 17.9 Å². The molecule has 0 unspecified atom stereocenters. The third kappa shape index (κ3) is 5.30. The number of hydrogen-bond donors (Lipinski definition) is 1. The Bertz CT molecular complexity index is 1280. The summed E-state index contributed by atoms with van der Waals surface area (Å²) in [6.07, 6.45) is 1.52. The zero-order chi connectivity index (χ0) is 23.0. The van der Waals surface area contributed by atoms with Crippen molar-refractivity contribution in [1.82, 2.24) is 5.32 Å². The quantitative estimate of drug-likeness (QED) is 0.441. The molecule has 0 aliphatic carbocycles. The number of carbonyl (C=O) groups is 1. The highest BCUT2D eigenvalue weighted by atomic mass is 16.7. The van der Waals surface area contributed by atoms with E-state index in [9.17, 15) is 10.1 Å². The number of nitriles is 2. The van der Waals surface area contributed by atoms with E-state index in [1.54, 1.807) is 48.5 Å². The molecule has 0 saturated carbocycles. The number of nitrogens with zero attached hydrogens (tertiary/aromatic N) is 2. The minimum Gasteiger partial charge on any atom is -0.489 e. The monoisotopic (exact) mass is 437 g/mol. The lowest BCUT2D eigenvalue weighted by Crippen LogP contribution is -2.23. The van der Waals surface area contributed by atoms with Gasteiger partial charge < -0.3 is 19.5 Å². The molecular formula is C26H19N3O4. The third-order valence-corrected chi connectivity index (χ3v) is 4.98. The van der Waals surface area contributed by atoms with Crippen LogP contribution >= 0.6 is 0 Å². The summed E-state index contributed by atoms with van der Waals surface area (Å²) >= 11 is 0. The molecule has 0 bridgehead atoms. The molecule has 0 aromatic heterocycles. The van der Waals surface area contributed by atoms with E-state index >= 15 is 0 Å². The van der Waals surface area contributed by atoms with Gasteiger partial charge in [-0.1, -0.05) is 36.4 Å². The third-order valence-electron chi connectivity index (χ3n) is 4.98. The Labute approximate surface area is 191 Å². The van der Waals surface area contributed by atoms with Crippen molar-refractivity contribution >= 4 is 12.0 Å². The molecule has 7 nitrogen and oxygen atoms in total. The molecule has 0 fully saturated rings. The van der Waals surface area contributed by atoms with Gasteiger partial charge in [0.25, 0.3) is 5.91 Å². The molecule has 1 aliphatic heterocycles. The molecular weight excluding hydrogens is 418 g/mol. The summed E-state index contributed by atoms with van der Waals surface area (Å²) in [7, 11) is 0. The Morgan fingerprint density at radius 3 is 2.61 bits per heavy atom.